The van der Waals surface area contributed by atoms with Crippen molar-refractivity contribution >= 4 is 11.5 Å². The van der Waals surface area contributed by atoms with Crippen LogP contribution in [0.4, 0.5) is 11.5 Å². The number of aryl methyl sites for hydroxylation is 2. The third-order valence-electron chi connectivity index (χ3n) is 2.47. The number of rotatable bonds is 3. The second-order valence-corrected chi connectivity index (χ2v) is 3.71. The van der Waals surface area contributed by atoms with Crippen LogP contribution in [0.1, 0.15) is 24.5 Å². The Labute approximate surface area is 93.1 Å². The van der Waals surface area contributed by atoms with E-state index in [2.05, 4.69) is 25.6 Å². The molecule has 0 aliphatic rings. The average Bonchev–Trinajstić information content (AvgIpc) is 2.83. The molecule has 0 saturated carbocycles. The molecular weight excluding hydrogens is 206 g/mol. The van der Waals surface area contributed by atoms with Gasteiger partial charge in [-0.3, -0.25) is 9.78 Å². The molecule has 16 heavy (non-hydrogen) atoms. The van der Waals surface area contributed by atoms with Crippen LogP contribution in [0.25, 0.3) is 0 Å². The lowest BCUT2D eigenvalue weighted by molar-refractivity contribution is 0.727. The highest BCUT2D eigenvalue weighted by Crippen LogP contribution is 2.24. The highest BCUT2D eigenvalue weighted by Gasteiger charge is 2.14. The van der Waals surface area contributed by atoms with Gasteiger partial charge < -0.3 is 11.1 Å². The number of aromatic amines is 1. The van der Waals surface area contributed by atoms with Crippen molar-refractivity contribution in [2.24, 2.45) is 7.05 Å². The summed E-state index contributed by atoms with van der Waals surface area (Å²) >= 11 is 0. The van der Waals surface area contributed by atoms with E-state index in [1.807, 2.05) is 20.9 Å². The molecule has 0 aromatic carbocycles. The topological polar surface area (TPSA) is 97.4 Å². The van der Waals surface area contributed by atoms with Gasteiger partial charge in [-0.25, -0.2) is 4.98 Å². The summed E-state index contributed by atoms with van der Waals surface area (Å²) in [5.41, 5.74) is 7.39. The van der Waals surface area contributed by atoms with E-state index in [0.717, 1.165) is 17.3 Å². The van der Waals surface area contributed by atoms with E-state index in [1.54, 1.807) is 4.68 Å². The minimum atomic E-state index is -0.000370. The van der Waals surface area contributed by atoms with E-state index < -0.39 is 0 Å². The van der Waals surface area contributed by atoms with Gasteiger partial charge >= 0.3 is 0 Å². The van der Waals surface area contributed by atoms with Gasteiger partial charge in [-0.05, 0) is 13.8 Å². The summed E-state index contributed by atoms with van der Waals surface area (Å²) in [4.78, 5) is 4.08. The maximum atomic E-state index is 5.91. The monoisotopic (exact) mass is 221 g/mol. The number of nitrogens with zero attached hydrogens (tertiary/aromatic N) is 4. The number of H-pyrrole nitrogens is 1. The molecule has 0 saturated heterocycles. The van der Waals surface area contributed by atoms with Gasteiger partial charge in [-0.1, -0.05) is 0 Å². The molecule has 0 bridgehead atoms. The van der Waals surface area contributed by atoms with Crippen LogP contribution in [0.5, 0.6) is 0 Å². The molecule has 0 amide bonds. The van der Waals surface area contributed by atoms with Crippen LogP contribution < -0.4 is 11.1 Å². The molecule has 2 rings (SSSR count). The molecule has 86 valence electrons. The minimum Gasteiger partial charge on any atom is -0.394 e. The maximum absolute atomic E-state index is 5.91. The Morgan fingerprint density at radius 1 is 1.56 bits per heavy atom. The molecule has 2 aromatic heterocycles. The molecule has 0 spiro atoms. The maximum Gasteiger partial charge on any atom is 0.148 e. The Bertz CT molecular complexity index is 470. The van der Waals surface area contributed by atoms with E-state index in [0.29, 0.717) is 5.69 Å². The summed E-state index contributed by atoms with van der Waals surface area (Å²) in [5, 5.41) is 14.1. The van der Waals surface area contributed by atoms with Gasteiger partial charge in [0.15, 0.2) is 0 Å². The van der Waals surface area contributed by atoms with E-state index in [1.165, 1.54) is 6.33 Å². The quantitative estimate of drug-likeness (QED) is 0.705. The van der Waals surface area contributed by atoms with E-state index in [9.17, 15) is 0 Å². The van der Waals surface area contributed by atoms with Crippen LogP contribution in [-0.4, -0.2) is 25.0 Å². The van der Waals surface area contributed by atoms with Crippen molar-refractivity contribution in [1.82, 2.24) is 25.0 Å². The van der Waals surface area contributed by atoms with Crippen molar-refractivity contribution in [1.29, 1.82) is 0 Å². The first-order chi connectivity index (χ1) is 7.59. The molecule has 7 heteroatoms. The van der Waals surface area contributed by atoms with Gasteiger partial charge in [0.2, 0.25) is 0 Å². The van der Waals surface area contributed by atoms with Gasteiger partial charge in [-0.15, -0.1) is 0 Å². The second kappa shape index (κ2) is 3.84. The Morgan fingerprint density at radius 2 is 2.31 bits per heavy atom. The molecule has 0 aliphatic heterocycles. The van der Waals surface area contributed by atoms with Gasteiger partial charge in [0.05, 0.1) is 17.4 Å². The third-order valence-corrected chi connectivity index (χ3v) is 2.47. The van der Waals surface area contributed by atoms with Crippen LogP contribution in [0.3, 0.4) is 0 Å². The fourth-order valence-corrected chi connectivity index (χ4v) is 1.54. The highest BCUT2D eigenvalue weighted by molar-refractivity contribution is 5.65. The van der Waals surface area contributed by atoms with E-state index >= 15 is 0 Å². The van der Waals surface area contributed by atoms with Crippen molar-refractivity contribution in [3.8, 4) is 0 Å². The molecule has 0 aliphatic carbocycles. The Morgan fingerprint density at radius 3 is 2.81 bits per heavy atom. The third kappa shape index (κ3) is 1.71. The van der Waals surface area contributed by atoms with Gasteiger partial charge in [0.25, 0.3) is 0 Å². The van der Waals surface area contributed by atoms with Crippen LogP contribution >= 0.6 is 0 Å². The van der Waals surface area contributed by atoms with Crippen molar-refractivity contribution in [2.75, 3.05) is 11.1 Å². The SMILES string of the molecule is Cc1nn(C)c(NC(C)c2ncn[nH]2)c1N. The zero-order chi connectivity index (χ0) is 11.7. The second-order valence-electron chi connectivity index (χ2n) is 3.71. The number of aromatic nitrogens is 5. The number of anilines is 2. The van der Waals surface area contributed by atoms with Crippen molar-refractivity contribution in [3.63, 3.8) is 0 Å². The van der Waals surface area contributed by atoms with Crippen LogP contribution in [0, 0.1) is 6.92 Å². The number of hydrogen-bond donors (Lipinski definition) is 3. The zero-order valence-electron chi connectivity index (χ0n) is 9.52. The molecular formula is C9H15N7. The number of nitrogens with two attached hydrogens (primary N) is 1. The Hall–Kier alpha value is -2.05. The van der Waals surface area contributed by atoms with Crippen molar-refractivity contribution < 1.29 is 0 Å². The number of nitrogen functional groups attached to an aromatic ring is 1. The fourth-order valence-electron chi connectivity index (χ4n) is 1.54. The van der Waals surface area contributed by atoms with Crippen molar-refractivity contribution in [3.05, 3.63) is 17.8 Å². The van der Waals surface area contributed by atoms with Gasteiger partial charge in [0, 0.05) is 7.05 Å². The summed E-state index contributed by atoms with van der Waals surface area (Å²) < 4.78 is 1.72. The molecule has 1 unspecified atom stereocenters. The predicted octanol–water partition coefficient (Wildman–Crippen LogP) is 0.602. The molecule has 1 atom stereocenters. The normalized spacial score (nSPS) is 12.7. The lowest BCUT2D eigenvalue weighted by atomic mass is 10.3. The van der Waals surface area contributed by atoms with Crippen LogP contribution in [0.2, 0.25) is 0 Å². The molecule has 0 radical (unpaired) electrons. The van der Waals surface area contributed by atoms with E-state index in [4.69, 9.17) is 5.73 Å². The Balaban J connectivity index is 2.21. The molecule has 2 heterocycles. The molecule has 0 fully saturated rings. The van der Waals surface area contributed by atoms with Gasteiger partial charge in [-0.2, -0.15) is 10.2 Å². The smallest absolute Gasteiger partial charge is 0.148 e. The zero-order valence-corrected chi connectivity index (χ0v) is 9.52. The molecule has 7 nitrogen and oxygen atoms in total. The van der Waals surface area contributed by atoms with Gasteiger partial charge in [0.1, 0.15) is 18.0 Å². The average molecular weight is 221 g/mol. The molecule has 4 N–H and O–H groups in total. The lowest BCUT2D eigenvalue weighted by Gasteiger charge is -2.13. The summed E-state index contributed by atoms with van der Waals surface area (Å²) in [7, 11) is 1.85. The first-order valence-electron chi connectivity index (χ1n) is 5.00. The predicted molar refractivity (Wildman–Crippen MR) is 60.8 cm³/mol. The summed E-state index contributed by atoms with van der Waals surface area (Å²) in [5.74, 6) is 1.56. The first kappa shape index (κ1) is 10.5. The number of hydrogen-bond acceptors (Lipinski definition) is 5. The Kier molecular flexibility index (Phi) is 2.51. The van der Waals surface area contributed by atoms with Crippen LogP contribution in [-0.2, 0) is 7.05 Å². The van der Waals surface area contributed by atoms with Crippen molar-refractivity contribution in [2.45, 2.75) is 19.9 Å². The standard InChI is InChI=1S/C9H15N7/c1-5-7(10)9(16(3)15-5)13-6(2)8-11-4-12-14-8/h4,6,13H,10H2,1-3H3,(H,11,12,14). The summed E-state index contributed by atoms with van der Waals surface area (Å²) in [6.07, 6.45) is 1.48. The fraction of sp³-hybridized carbons (Fsp3) is 0.444. The highest BCUT2D eigenvalue weighted by atomic mass is 15.3. The van der Waals surface area contributed by atoms with E-state index in [-0.39, 0.29) is 6.04 Å². The minimum absolute atomic E-state index is 0.000370. The number of nitrogens with one attached hydrogen (secondary N) is 2. The lowest BCUT2D eigenvalue weighted by Crippen LogP contribution is -2.12. The first-order valence-corrected chi connectivity index (χ1v) is 5.00. The largest absolute Gasteiger partial charge is 0.394 e. The van der Waals surface area contributed by atoms with Crippen LogP contribution in [0.15, 0.2) is 6.33 Å². The molecule has 2 aromatic rings. The summed E-state index contributed by atoms with van der Waals surface area (Å²) in [6.45, 7) is 3.85. The summed E-state index contributed by atoms with van der Waals surface area (Å²) in [6, 6.07) is -0.000370.